The maximum absolute atomic E-state index is 11.8. The maximum Gasteiger partial charge on any atom is 0.337 e. The molecule has 0 fully saturated rings. The molecule has 0 unspecified atom stereocenters. The van der Waals surface area contributed by atoms with Crippen LogP contribution >= 0.6 is 0 Å². The Morgan fingerprint density at radius 3 is 2.48 bits per heavy atom. The monoisotopic (exact) mass is 288 g/mol. The van der Waals surface area contributed by atoms with E-state index in [0.29, 0.717) is 24.1 Å². The second kappa shape index (κ2) is 6.21. The summed E-state index contributed by atoms with van der Waals surface area (Å²) in [6.07, 6.45) is 2.12. The fourth-order valence-electron chi connectivity index (χ4n) is 1.98. The zero-order valence-electron chi connectivity index (χ0n) is 11.9. The molecule has 0 atom stereocenters. The molecule has 1 aromatic carbocycles. The van der Waals surface area contributed by atoms with E-state index in [0.717, 1.165) is 5.56 Å². The van der Waals surface area contributed by atoms with E-state index in [-0.39, 0.29) is 5.56 Å². The first-order valence-electron chi connectivity index (χ1n) is 6.55. The van der Waals surface area contributed by atoms with Crippen LogP contribution in [0.5, 0.6) is 0 Å². The van der Waals surface area contributed by atoms with Gasteiger partial charge in [0.1, 0.15) is 0 Å². The van der Waals surface area contributed by atoms with Crippen molar-refractivity contribution in [1.82, 2.24) is 9.55 Å². The molecule has 0 saturated heterocycles. The molecule has 0 aliphatic carbocycles. The van der Waals surface area contributed by atoms with E-state index in [1.807, 2.05) is 6.92 Å². The van der Waals surface area contributed by atoms with Gasteiger partial charge in [0.25, 0.3) is 5.56 Å². The summed E-state index contributed by atoms with van der Waals surface area (Å²) in [7, 11) is 1.32. The van der Waals surface area contributed by atoms with Gasteiger partial charge < -0.3 is 4.74 Å². The number of methoxy groups -OCH3 is 1. The van der Waals surface area contributed by atoms with E-state index in [2.05, 4.69) is 9.72 Å². The number of carbonyl (C=O) groups excluding carboxylic acids is 1. The summed E-state index contributed by atoms with van der Waals surface area (Å²) >= 11 is 0. The van der Waals surface area contributed by atoms with E-state index >= 15 is 0 Å². The molecule has 21 heavy (non-hydrogen) atoms. The van der Waals surface area contributed by atoms with Gasteiger partial charge in [-0.2, -0.15) is 0 Å². The average Bonchev–Trinajstić information content (AvgIpc) is 2.50. The van der Waals surface area contributed by atoms with Gasteiger partial charge >= 0.3 is 11.7 Å². The predicted octanol–water partition coefficient (Wildman–Crippen LogP) is 0.934. The Bertz CT molecular complexity index is 756. The molecule has 6 nitrogen and oxygen atoms in total. The lowest BCUT2D eigenvalue weighted by atomic mass is 10.1. The van der Waals surface area contributed by atoms with Gasteiger partial charge in [-0.05, 0) is 24.1 Å². The Hall–Kier alpha value is -2.63. The van der Waals surface area contributed by atoms with Crippen LogP contribution in [0.4, 0.5) is 0 Å². The molecule has 1 N–H and O–H groups in total. The molecule has 0 saturated carbocycles. The summed E-state index contributed by atoms with van der Waals surface area (Å²) in [5.41, 5.74) is 1.05. The molecular formula is C15H16N2O4. The number of nitrogens with one attached hydrogen (secondary N) is 1. The second-order valence-electron chi connectivity index (χ2n) is 4.58. The molecular weight excluding hydrogens is 272 g/mol. The summed E-state index contributed by atoms with van der Waals surface area (Å²) in [6, 6.07) is 6.77. The molecule has 2 aromatic rings. The smallest absolute Gasteiger partial charge is 0.337 e. The van der Waals surface area contributed by atoms with Crippen molar-refractivity contribution in [2.75, 3.05) is 7.11 Å². The number of aromatic amines is 1. The molecule has 0 aliphatic heterocycles. The predicted molar refractivity (Wildman–Crippen MR) is 77.6 cm³/mol. The standard InChI is InChI=1S/C15H16N2O4/c1-3-11-9-17(15(20)16-13(11)18)8-10-4-6-12(7-5-10)14(19)21-2/h4-7,9H,3,8H2,1-2H3,(H,16,18,20). The van der Waals surface area contributed by atoms with Crippen molar-refractivity contribution in [3.05, 3.63) is 68.0 Å². The van der Waals surface area contributed by atoms with Crippen LogP contribution in [0.2, 0.25) is 0 Å². The number of nitrogens with zero attached hydrogens (tertiary/aromatic N) is 1. The SMILES string of the molecule is CCc1cn(Cc2ccc(C(=O)OC)cc2)c(=O)[nH]c1=O. The van der Waals surface area contributed by atoms with E-state index in [4.69, 9.17) is 0 Å². The zero-order chi connectivity index (χ0) is 15.4. The number of ether oxygens (including phenoxy) is 1. The van der Waals surface area contributed by atoms with Gasteiger partial charge in [-0.15, -0.1) is 0 Å². The second-order valence-corrected chi connectivity index (χ2v) is 4.58. The van der Waals surface area contributed by atoms with Crippen molar-refractivity contribution in [1.29, 1.82) is 0 Å². The van der Waals surface area contributed by atoms with Crippen LogP contribution in [0.3, 0.4) is 0 Å². The number of H-pyrrole nitrogens is 1. The van der Waals surface area contributed by atoms with Crippen LogP contribution in [-0.4, -0.2) is 22.6 Å². The van der Waals surface area contributed by atoms with Gasteiger partial charge in [0, 0.05) is 11.8 Å². The number of rotatable bonds is 4. The summed E-state index contributed by atoms with van der Waals surface area (Å²) in [4.78, 5) is 36.9. The summed E-state index contributed by atoms with van der Waals surface area (Å²) < 4.78 is 6.06. The fourth-order valence-corrected chi connectivity index (χ4v) is 1.98. The highest BCUT2D eigenvalue weighted by molar-refractivity contribution is 5.89. The largest absolute Gasteiger partial charge is 0.465 e. The van der Waals surface area contributed by atoms with Crippen molar-refractivity contribution in [3.8, 4) is 0 Å². The lowest BCUT2D eigenvalue weighted by Crippen LogP contribution is -2.31. The number of hydrogen-bond acceptors (Lipinski definition) is 4. The lowest BCUT2D eigenvalue weighted by molar-refractivity contribution is 0.0600. The van der Waals surface area contributed by atoms with Gasteiger partial charge in [0.2, 0.25) is 0 Å². The molecule has 0 bridgehead atoms. The van der Waals surface area contributed by atoms with Gasteiger partial charge in [-0.25, -0.2) is 9.59 Å². The minimum absolute atomic E-state index is 0.323. The van der Waals surface area contributed by atoms with Crippen LogP contribution in [-0.2, 0) is 17.7 Å². The van der Waals surface area contributed by atoms with Crippen molar-refractivity contribution < 1.29 is 9.53 Å². The van der Waals surface area contributed by atoms with Crippen molar-refractivity contribution in [2.24, 2.45) is 0 Å². The third-order valence-corrected chi connectivity index (χ3v) is 3.19. The highest BCUT2D eigenvalue weighted by Crippen LogP contribution is 2.07. The van der Waals surface area contributed by atoms with E-state index in [1.54, 1.807) is 30.5 Å². The minimum Gasteiger partial charge on any atom is -0.465 e. The van der Waals surface area contributed by atoms with E-state index in [1.165, 1.54) is 11.7 Å². The molecule has 1 heterocycles. The highest BCUT2D eigenvalue weighted by Gasteiger charge is 2.06. The van der Waals surface area contributed by atoms with Gasteiger partial charge in [-0.3, -0.25) is 14.3 Å². The maximum atomic E-state index is 11.8. The Morgan fingerprint density at radius 1 is 1.24 bits per heavy atom. The molecule has 0 spiro atoms. The number of carbonyl (C=O) groups is 1. The van der Waals surface area contributed by atoms with Gasteiger partial charge in [0.15, 0.2) is 0 Å². The Morgan fingerprint density at radius 2 is 1.90 bits per heavy atom. The van der Waals surface area contributed by atoms with Crippen LogP contribution < -0.4 is 11.2 Å². The average molecular weight is 288 g/mol. The molecule has 0 radical (unpaired) electrons. The van der Waals surface area contributed by atoms with Crippen LogP contribution in [0, 0.1) is 0 Å². The molecule has 0 amide bonds. The first-order valence-corrected chi connectivity index (χ1v) is 6.55. The molecule has 6 heteroatoms. The van der Waals surface area contributed by atoms with Crippen LogP contribution in [0.15, 0.2) is 40.1 Å². The summed E-state index contributed by atoms with van der Waals surface area (Å²) in [5.74, 6) is -0.406. The number of aryl methyl sites for hydroxylation is 1. The normalized spacial score (nSPS) is 10.4. The molecule has 1 aromatic heterocycles. The number of esters is 1. The summed E-state index contributed by atoms with van der Waals surface area (Å²) in [6.45, 7) is 2.18. The van der Waals surface area contributed by atoms with E-state index in [9.17, 15) is 14.4 Å². The van der Waals surface area contributed by atoms with Gasteiger partial charge in [0.05, 0.1) is 19.2 Å². The Balaban J connectivity index is 2.28. The number of hydrogen-bond donors (Lipinski definition) is 1. The number of benzene rings is 1. The fraction of sp³-hybridized carbons (Fsp3) is 0.267. The van der Waals surface area contributed by atoms with Crippen LogP contribution in [0.25, 0.3) is 0 Å². The highest BCUT2D eigenvalue weighted by atomic mass is 16.5. The quantitative estimate of drug-likeness (QED) is 0.849. The molecule has 0 aliphatic rings. The van der Waals surface area contributed by atoms with Crippen molar-refractivity contribution >= 4 is 5.97 Å². The minimum atomic E-state index is -0.450. The first kappa shape index (κ1) is 14.8. The summed E-state index contributed by atoms with van der Waals surface area (Å²) in [5, 5.41) is 0. The van der Waals surface area contributed by atoms with E-state index < -0.39 is 11.7 Å². The van der Waals surface area contributed by atoms with Crippen molar-refractivity contribution in [2.45, 2.75) is 19.9 Å². The lowest BCUT2D eigenvalue weighted by Gasteiger charge is -2.07. The van der Waals surface area contributed by atoms with Crippen molar-refractivity contribution in [3.63, 3.8) is 0 Å². The van der Waals surface area contributed by atoms with Gasteiger partial charge in [-0.1, -0.05) is 19.1 Å². The van der Waals surface area contributed by atoms with Crippen LogP contribution in [0.1, 0.15) is 28.4 Å². The Labute approximate surface area is 121 Å². The first-order chi connectivity index (χ1) is 10.0. The Kier molecular flexibility index (Phi) is 4.37. The number of aromatic nitrogens is 2. The molecule has 2 rings (SSSR count). The topological polar surface area (TPSA) is 81.2 Å². The molecule has 110 valence electrons. The third-order valence-electron chi connectivity index (χ3n) is 3.19. The third kappa shape index (κ3) is 3.28. The zero-order valence-corrected chi connectivity index (χ0v) is 11.9.